The molecule has 21 heavy (non-hydrogen) atoms. The summed E-state index contributed by atoms with van der Waals surface area (Å²) in [7, 11) is 1.68. The van der Waals surface area contributed by atoms with Crippen LogP contribution in [0.5, 0.6) is 5.75 Å². The zero-order chi connectivity index (χ0) is 14.8. The second-order valence-electron chi connectivity index (χ2n) is 5.82. The maximum atomic E-state index is 12.6. The molecule has 0 aromatic heterocycles. The van der Waals surface area contributed by atoms with E-state index in [1.165, 1.54) is 5.56 Å². The van der Waals surface area contributed by atoms with Crippen LogP contribution in [0.4, 0.5) is 0 Å². The molecule has 0 bridgehead atoms. The second kappa shape index (κ2) is 6.28. The first-order valence-electron chi connectivity index (χ1n) is 7.44. The van der Waals surface area contributed by atoms with E-state index in [0.29, 0.717) is 12.0 Å². The Labute approximate surface area is 130 Å². The van der Waals surface area contributed by atoms with Gasteiger partial charge in [0.15, 0.2) is 0 Å². The van der Waals surface area contributed by atoms with Gasteiger partial charge in [0.25, 0.3) is 0 Å². The maximum Gasteiger partial charge on any atom is 0.240 e. The fourth-order valence-corrected chi connectivity index (χ4v) is 4.14. The molecule has 4 nitrogen and oxygen atoms in total. The lowest BCUT2D eigenvalue weighted by molar-refractivity contribution is -0.133. The smallest absolute Gasteiger partial charge is 0.240 e. The number of nitrogens with one attached hydrogen (secondary N) is 1. The van der Waals surface area contributed by atoms with E-state index in [1.807, 2.05) is 12.1 Å². The van der Waals surface area contributed by atoms with Crippen molar-refractivity contribution in [2.24, 2.45) is 0 Å². The van der Waals surface area contributed by atoms with Gasteiger partial charge in [0.05, 0.1) is 13.2 Å². The molecule has 1 amide bonds. The molecule has 2 fully saturated rings. The molecule has 0 unspecified atom stereocenters. The Kier molecular flexibility index (Phi) is 4.40. The van der Waals surface area contributed by atoms with Gasteiger partial charge in [-0.05, 0) is 31.0 Å². The first-order valence-corrected chi connectivity index (χ1v) is 8.60. The molecule has 3 atom stereocenters. The van der Waals surface area contributed by atoms with Crippen LogP contribution in [0.25, 0.3) is 0 Å². The zero-order valence-corrected chi connectivity index (χ0v) is 13.4. The van der Waals surface area contributed by atoms with E-state index >= 15 is 0 Å². The van der Waals surface area contributed by atoms with Crippen LogP contribution in [0.1, 0.15) is 24.8 Å². The topological polar surface area (TPSA) is 41.6 Å². The Morgan fingerprint density at radius 2 is 2.14 bits per heavy atom. The highest BCUT2D eigenvalue weighted by Gasteiger charge is 2.37. The minimum atomic E-state index is 0.00654. The van der Waals surface area contributed by atoms with Crippen molar-refractivity contribution in [2.45, 2.75) is 31.3 Å². The van der Waals surface area contributed by atoms with Crippen LogP contribution < -0.4 is 10.1 Å². The predicted molar refractivity (Wildman–Crippen MR) is 85.8 cm³/mol. The summed E-state index contributed by atoms with van der Waals surface area (Å²) >= 11 is 1.80. The van der Waals surface area contributed by atoms with Gasteiger partial charge in [-0.15, -0.1) is 11.8 Å². The first kappa shape index (κ1) is 14.7. The highest BCUT2D eigenvalue weighted by atomic mass is 32.2. The van der Waals surface area contributed by atoms with Crippen molar-refractivity contribution < 1.29 is 9.53 Å². The van der Waals surface area contributed by atoms with Crippen LogP contribution >= 0.6 is 11.8 Å². The molecule has 1 aromatic rings. The average molecular weight is 306 g/mol. The number of amides is 1. The summed E-state index contributed by atoms with van der Waals surface area (Å²) in [5.74, 6) is 3.37. The number of thioether (sulfide) groups is 1. The number of benzene rings is 1. The average Bonchev–Trinajstić information content (AvgIpc) is 3.16. The maximum absolute atomic E-state index is 12.6. The first-order chi connectivity index (χ1) is 10.2. The van der Waals surface area contributed by atoms with Crippen LogP contribution in [0.15, 0.2) is 24.3 Å². The van der Waals surface area contributed by atoms with Gasteiger partial charge in [0, 0.05) is 30.1 Å². The summed E-state index contributed by atoms with van der Waals surface area (Å²) in [5, 5.41) is 3.28. The highest BCUT2D eigenvalue weighted by molar-refractivity contribution is 7.99. The number of likely N-dealkylation sites (tertiary alicyclic amines) is 1. The van der Waals surface area contributed by atoms with Crippen molar-refractivity contribution in [1.29, 1.82) is 0 Å². The van der Waals surface area contributed by atoms with E-state index < -0.39 is 0 Å². The normalized spacial score (nSPS) is 28.9. The third-order valence-electron chi connectivity index (χ3n) is 4.46. The van der Waals surface area contributed by atoms with Crippen molar-refractivity contribution in [1.82, 2.24) is 10.2 Å². The molecule has 2 aliphatic heterocycles. The van der Waals surface area contributed by atoms with Crippen molar-refractivity contribution in [3.05, 3.63) is 29.8 Å². The van der Waals surface area contributed by atoms with E-state index in [4.69, 9.17) is 4.74 Å². The summed E-state index contributed by atoms with van der Waals surface area (Å²) in [6.45, 7) is 2.98. The minimum absolute atomic E-state index is 0.00654. The van der Waals surface area contributed by atoms with Gasteiger partial charge in [-0.25, -0.2) is 0 Å². The molecule has 1 aromatic carbocycles. The summed E-state index contributed by atoms with van der Waals surface area (Å²) in [5.41, 5.74) is 1.30. The number of nitrogens with zero attached hydrogens (tertiary/aromatic N) is 1. The number of hydrogen-bond donors (Lipinski definition) is 1. The highest BCUT2D eigenvalue weighted by Crippen LogP contribution is 2.33. The Bertz CT molecular complexity index is 500. The Hall–Kier alpha value is -1.20. The molecule has 0 saturated carbocycles. The van der Waals surface area contributed by atoms with Gasteiger partial charge in [0.1, 0.15) is 5.75 Å². The van der Waals surface area contributed by atoms with Crippen LogP contribution in [-0.2, 0) is 4.79 Å². The molecule has 2 aliphatic rings. The van der Waals surface area contributed by atoms with E-state index in [2.05, 4.69) is 29.3 Å². The molecule has 0 spiro atoms. The summed E-state index contributed by atoms with van der Waals surface area (Å²) < 4.78 is 5.20. The van der Waals surface area contributed by atoms with Crippen molar-refractivity contribution >= 4 is 17.7 Å². The van der Waals surface area contributed by atoms with Crippen LogP contribution in [-0.4, -0.2) is 48.2 Å². The van der Waals surface area contributed by atoms with E-state index in [-0.39, 0.29) is 11.9 Å². The minimum Gasteiger partial charge on any atom is -0.497 e. The van der Waals surface area contributed by atoms with Gasteiger partial charge < -0.3 is 9.64 Å². The molecule has 1 N–H and O–H groups in total. The van der Waals surface area contributed by atoms with Gasteiger partial charge in [-0.2, -0.15) is 0 Å². The molecule has 114 valence electrons. The Balaban J connectivity index is 1.68. The van der Waals surface area contributed by atoms with Crippen molar-refractivity contribution in [2.75, 3.05) is 25.3 Å². The molecule has 2 saturated heterocycles. The number of rotatable bonds is 3. The third kappa shape index (κ3) is 3.04. The standard InChI is InChI=1S/C16H22N2O2S/c1-11-7-13(12-3-5-14(20-2)6-4-12)8-18(11)16(19)15-9-21-10-17-15/h3-6,11,13,15,17H,7-10H2,1-2H3/t11-,13+,15-/m0/s1. The quantitative estimate of drug-likeness (QED) is 0.928. The zero-order valence-electron chi connectivity index (χ0n) is 12.5. The third-order valence-corrected chi connectivity index (χ3v) is 5.40. The molecule has 5 heteroatoms. The lowest BCUT2D eigenvalue weighted by Gasteiger charge is -2.24. The number of hydrogen-bond acceptors (Lipinski definition) is 4. The fraction of sp³-hybridized carbons (Fsp3) is 0.562. The Morgan fingerprint density at radius 3 is 2.76 bits per heavy atom. The molecular weight excluding hydrogens is 284 g/mol. The molecule has 2 heterocycles. The summed E-state index contributed by atoms with van der Waals surface area (Å²) in [6.07, 6.45) is 1.04. The number of carbonyl (C=O) groups is 1. The van der Waals surface area contributed by atoms with E-state index in [1.54, 1.807) is 18.9 Å². The number of methoxy groups -OCH3 is 1. The second-order valence-corrected chi connectivity index (χ2v) is 6.85. The molecule has 0 aliphatic carbocycles. The number of ether oxygens (including phenoxy) is 1. The lowest BCUT2D eigenvalue weighted by atomic mass is 9.97. The Morgan fingerprint density at radius 1 is 1.38 bits per heavy atom. The lowest BCUT2D eigenvalue weighted by Crippen LogP contribution is -2.46. The summed E-state index contributed by atoms with van der Waals surface area (Å²) in [4.78, 5) is 14.6. The van der Waals surface area contributed by atoms with Gasteiger partial charge in [0.2, 0.25) is 5.91 Å². The van der Waals surface area contributed by atoms with Gasteiger partial charge in [-0.3, -0.25) is 10.1 Å². The monoisotopic (exact) mass is 306 g/mol. The fourth-order valence-electron chi connectivity index (χ4n) is 3.21. The van der Waals surface area contributed by atoms with Crippen molar-refractivity contribution in [3.63, 3.8) is 0 Å². The van der Waals surface area contributed by atoms with Crippen molar-refractivity contribution in [3.8, 4) is 5.75 Å². The van der Waals surface area contributed by atoms with Crippen LogP contribution in [0, 0.1) is 0 Å². The van der Waals surface area contributed by atoms with Crippen LogP contribution in [0.2, 0.25) is 0 Å². The number of carbonyl (C=O) groups excluding carboxylic acids is 1. The molecule has 3 rings (SSSR count). The van der Waals surface area contributed by atoms with Gasteiger partial charge >= 0.3 is 0 Å². The van der Waals surface area contributed by atoms with E-state index in [0.717, 1.165) is 30.3 Å². The van der Waals surface area contributed by atoms with E-state index in [9.17, 15) is 4.79 Å². The predicted octanol–water partition coefficient (Wildman–Crippen LogP) is 2.06. The van der Waals surface area contributed by atoms with Gasteiger partial charge in [-0.1, -0.05) is 12.1 Å². The molecule has 0 radical (unpaired) electrons. The summed E-state index contributed by atoms with van der Waals surface area (Å²) in [6, 6.07) is 8.56. The molecular formula is C16H22N2O2S. The van der Waals surface area contributed by atoms with Crippen LogP contribution in [0.3, 0.4) is 0 Å². The largest absolute Gasteiger partial charge is 0.497 e. The SMILES string of the molecule is COc1ccc([C@@H]2C[C@H](C)N(C(=O)[C@@H]3CSCN3)C2)cc1.